The van der Waals surface area contributed by atoms with Crippen molar-refractivity contribution >= 4 is 11.8 Å². The third-order valence-electron chi connectivity index (χ3n) is 2.27. The molecule has 2 heterocycles. The van der Waals surface area contributed by atoms with Gasteiger partial charge < -0.3 is 19.6 Å². The monoisotopic (exact) mass is 236 g/mol. The Bertz CT molecular complexity index is 543. The van der Waals surface area contributed by atoms with Gasteiger partial charge in [0.25, 0.3) is 0 Å². The molecule has 90 valence electrons. The molecule has 0 saturated heterocycles. The topological polar surface area (TPSA) is 96.2 Å². The zero-order valence-corrected chi connectivity index (χ0v) is 9.51. The first kappa shape index (κ1) is 11.2. The van der Waals surface area contributed by atoms with Crippen LogP contribution in [0.1, 0.15) is 21.9 Å². The van der Waals surface area contributed by atoms with E-state index in [1.165, 1.54) is 13.4 Å². The molecule has 0 radical (unpaired) electrons. The second kappa shape index (κ2) is 4.28. The van der Waals surface area contributed by atoms with Gasteiger partial charge in [0.1, 0.15) is 17.3 Å². The predicted molar refractivity (Wildman–Crippen MR) is 58.3 cm³/mol. The van der Waals surface area contributed by atoms with E-state index in [0.717, 1.165) is 0 Å². The number of rotatable bonds is 3. The van der Waals surface area contributed by atoms with Crippen molar-refractivity contribution in [1.29, 1.82) is 0 Å². The van der Waals surface area contributed by atoms with Gasteiger partial charge in [0, 0.05) is 6.07 Å². The van der Waals surface area contributed by atoms with Crippen molar-refractivity contribution in [3.8, 4) is 0 Å². The van der Waals surface area contributed by atoms with Crippen molar-refractivity contribution in [2.24, 2.45) is 0 Å². The summed E-state index contributed by atoms with van der Waals surface area (Å²) in [4.78, 5) is 15.2. The van der Waals surface area contributed by atoms with Gasteiger partial charge in [-0.3, -0.25) is 0 Å². The quantitative estimate of drug-likeness (QED) is 0.784. The van der Waals surface area contributed by atoms with Gasteiger partial charge in [0.05, 0.1) is 20.0 Å². The van der Waals surface area contributed by atoms with Crippen LogP contribution in [0.4, 0.5) is 5.82 Å². The van der Waals surface area contributed by atoms with Crippen LogP contribution in [0.3, 0.4) is 0 Å². The molecule has 17 heavy (non-hydrogen) atoms. The maximum absolute atomic E-state index is 11.3. The fourth-order valence-corrected chi connectivity index (χ4v) is 1.44. The molecule has 2 aromatic rings. The largest absolute Gasteiger partial charge is 0.464 e. The molecule has 7 nitrogen and oxygen atoms in total. The smallest absolute Gasteiger partial charge is 0.360 e. The highest BCUT2D eigenvalue weighted by molar-refractivity contribution is 5.92. The Morgan fingerprint density at radius 3 is 3.00 bits per heavy atom. The lowest BCUT2D eigenvalue weighted by Crippen LogP contribution is -2.09. The molecule has 0 saturated carbocycles. The number of hydrogen-bond donors (Lipinski definition) is 1. The maximum atomic E-state index is 11.3. The molecule has 7 heteroatoms. The van der Waals surface area contributed by atoms with Crippen LogP contribution < -0.4 is 5.73 Å². The van der Waals surface area contributed by atoms with Crippen LogP contribution in [0.15, 0.2) is 16.9 Å². The van der Waals surface area contributed by atoms with Crippen LogP contribution in [0, 0.1) is 6.92 Å². The van der Waals surface area contributed by atoms with Gasteiger partial charge in [-0.2, -0.15) is 0 Å². The SMILES string of the molecule is COC(=O)c1ncn(Cc2cc(C)on2)c1N. The summed E-state index contributed by atoms with van der Waals surface area (Å²) in [7, 11) is 1.28. The van der Waals surface area contributed by atoms with Crippen molar-refractivity contribution in [2.45, 2.75) is 13.5 Å². The summed E-state index contributed by atoms with van der Waals surface area (Å²) < 4.78 is 11.1. The van der Waals surface area contributed by atoms with Gasteiger partial charge in [-0.25, -0.2) is 9.78 Å². The molecule has 0 spiro atoms. The van der Waals surface area contributed by atoms with E-state index in [-0.39, 0.29) is 11.5 Å². The second-order valence-electron chi connectivity index (χ2n) is 3.53. The summed E-state index contributed by atoms with van der Waals surface area (Å²) in [5.74, 6) is 0.405. The number of nitrogens with two attached hydrogens (primary N) is 1. The summed E-state index contributed by atoms with van der Waals surface area (Å²) in [5.41, 5.74) is 6.59. The Morgan fingerprint density at radius 1 is 1.65 bits per heavy atom. The molecule has 0 amide bonds. The summed E-state index contributed by atoms with van der Waals surface area (Å²) in [6.07, 6.45) is 1.46. The summed E-state index contributed by atoms with van der Waals surface area (Å²) in [6.45, 7) is 2.20. The predicted octanol–water partition coefficient (Wildman–Crippen LogP) is 0.597. The molecule has 2 aromatic heterocycles. The molecule has 0 aliphatic rings. The fourth-order valence-electron chi connectivity index (χ4n) is 1.44. The minimum Gasteiger partial charge on any atom is -0.464 e. The van der Waals surface area contributed by atoms with Gasteiger partial charge in [-0.1, -0.05) is 5.16 Å². The van der Waals surface area contributed by atoms with Gasteiger partial charge in [0.15, 0.2) is 5.69 Å². The van der Waals surface area contributed by atoms with Gasteiger partial charge >= 0.3 is 5.97 Å². The van der Waals surface area contributed by atoms with Crippen molar-refractivity contribution in [2.75, 3.05) is 12.8 Å². The van der Waals surface area contributed by atoms with Crippen LogP contribution in [0.25, 0.3) is 0 Å². The van der Waals surface area contributed by atoms with E-state index < -0.39 is 5.97 Å². The summed E-state index contributed by atoms with van der Waals surface area (Å²) in [6, 6.07) is 1.79. The zero-order chi connectivity index (χ0) is 12.4. The van der Waals surface area contributed by atoms with Crippen molar-refractivity contribution in [3.05, 3.63) is 29.5 Å². The molecule has 0 fully saturated rings. The van der Waals surface area contributed by atoms with Crippen molar-refractivity contribution in [3.63, 3.8) is 0 Å². The van der Waals surface area contributed by atoms with Gasteiger partial charge in [-0.15, -0.1) is 0 Å². The van der Waals surface area contributed by atoms with E-state index >= 15 is 0 Å². The fraction of sp³-hybridized carbons (Fsp3) is 0.300. The van der Waals surface area contributed by atoms with Crippen molar-refractivity contribution in [1.82, 2.24) is 14.7 Å². The number of nitrogens with zero attached hydrogens (tertiary/aromatic N) is 3. The molecule has 0 aromatic carbocycles. The van der Waals surface area contributed by atoms with Crippen LogP contribution >= 0.6 is 0 Å². The number of anilines is 1. The average molecular weight is 236 g/mol. The first-order chi connectivity index (χ1) is 8.11. The van der Waals surface area contributed by atoms with E-state index in [1.54, 1.807) is 17.6 Å². The number of carbonyl (C=O) groups excluding carboxylic acids is 1. The normalized spacial score (nSPS) is 10.5. The molecule has 0 aliphatic heterocycles. The lowest BCUT2D eigenvalue weighted by atomic mass is 10.3. The first-order valence-corrected chi connectivity index (χ1v) is 4.93. The molecular formula is C10H12N4O3. The molecule has 2 rings (SSSR count). The molecule has 0 bridgehead atoms. The standard InChI is InChI=1S/C10H12N4O3/c1-6-3-7(13-17-6)4-14-5-12-8(9(14)11)10(15)16-2/h3,5H,4,11H2,1-2H3. The first-order valence-electron chi connectivity index (χ1n) is 4.93. The average Bonchev–Trinajstić information content (AvgIpc) is 2.87. The van der Waals surface area contributed by atoms with Crippen LogP contribution in [0.5, 0.6) is 0 Å². The van der Waals surface area contributed by atoms with E-state index in [1.807, 2.05) is 0 Å². The number of methoxy groups -OCH3 is 1. The minimum absolute atomic E-state index is 0.104. The Kier molecular flexibility index (Phi) is 2.82. The third-order valence-corrected chi connectivity index (χ3v) is 2.27. The molecule has 2 N–H and O–H groups in total. The third kappa shape index (κ3) is 2.12. The highest BCUT2D eigenvalue weighted by Gasteiger charge is 2.16. The zero-order valence-electron chi connectivity index (χ0n) is 9.51. The number of aryl methyl sites for hydroxylation is 1. The lowest BCUT2D eigenvalue weighted by Gasteiger charge is -2.01. The number of ether oxygens (including phenoxy) is 1. The number of aromatic nitrogens is 3. The Morgan fingerprint density at radius 2 is 2.41 bits per heavy atom. The maximum Gasteiger partial charge on any atom is 0.360 e. The number of esters is 1. The summed E-state index contributed by atoms with van der Waals surface area (Å²) in [5, 5.41) is 3.83. The van der Waals surface area contributed by atoms with E-state index in [9.17, 15) is 4.79 Å². The van der Waals surface area contributed by atoms with Gasteiger partial charge in [0.2, 0.25) is 0 Å². The van der Waals surface area contributed by atoms with Crippen molar-refractivity contribution < 1.29 is 14.1 Å². The molecule has 0 atom stereocenters. The number of nitrogen functional groups attached to an aromatic ring is 1. The minimum atomic E-state index is -0.558. The van der Waals surface area contributed by atoms with Crippen LogP contribution in [0.2, 0.25) is 0 Å². The van der Waals surface area contributed by atoms with Crippen LogP contribution in [-0.2, 0) is 11.3 Å². The number of carbonyl (C=O) groups is 1. The number of hydrogen-bond acceptors (Lipinski definition) is 6. The molecule has 0 aliphatic carbocycles. The lowest BCUT2D eigenvalue weighted by molar-refractivity contribution is 0.0596. The van der Waals surface area contributed by atoms with E-state index in [0.29, 0.717) is 18.0 Å². The highest BCUT2D eigenvalue weighted by Crippen LogP contribution is 2.13. The van der Waals surface area contributed by atoms with Crippen LogP contribution in [-0.4, -0.2) is 27.8 Å². The van der Waals surface area contributed by atoms with E-state index in [4.69, 9.17) is 10.3 Å². The molecular weight excluding hydrogens is 224 g/mol. The van der Waals surface area contributed by atoms with E-state index in [2.05, 4.69) is 14.9 Å². The Balaban J connectivity index is 2.23. The Labute approximate surface area is 97.2 Å². The van der Waals surface area contributed by atoms with Gasteiger partial charge in [-0.05, 0) is 6.92 Å². The second-order valence-corrected chi connectivity index (χ2v) is 3.53. The molecule has 0 unspecified atom stereocenters. The summed E-state index contributed by atoms with van der Waals surface area (Å²) >= 11 is 0. The highest BCUT2D eigenvalue weighted by atomic mass is 16.5. The Hall–Kier alpha value is -2.31. The number of imidazole rings is 1.